The first-order chi connectivity index (χ1) is 8.86. The first kappa shape index (κ1) is 11.3. The Kier molecular flexibility index (Phi) is 3.02. The van der Waals surface area contributed by atoms with E-state index in [1.165, 1.54) is 0 Å². The molecule has 1 N–H and O–H groups in total. The second-order valence-electron chi connectivity index (χ2n) is 4.50. The minimum atomic E-state index is 0.480. The molecule has 94 valence electrons. The van der Waals surface area contributed by atoms with E-state index in [9.17, 15) is 0 Å². The highest BCUT2D eigenvalue weighted by atomic mass is 16.5. The van der Waals surface area contributed by atoms with E-state index >= 15 is 0 Å². The third-order valence-corrected chi connectivity index (χ3v) is 3.32. The van der Waals surface area contributed by atoms with Crippen LogP contribution in [0.15, 0.2) is 34.9 Å². The molecule has 1 saturated heterocycles. The van der Waals surface area contributed by atoms with Crippen LogP contribution in [0, 0.1) is 0 Å². The van der Waals surface area contributed by atoms with E-state index < -0.39 is 0 Å². The predicted molar refractivity (Wildman–Crippen MR) is 68.7 cm³/mol. The van der Waals surface area contributed by atoms with Gasteiger partial charge in [-0.15, -0.1) is 0 Å². The number of methoxy groups -OCH3 is 1. The second-order valence-corrected chi connectivity index (χ2v) is 4.50. The van der Waals surface area contributed by atoms with E-state index in [4.69, 9.17) is 9.15 Å². The summed E-state index contributed by atoms with van der Waals surface area (Å²) < 4.78 is 10.8. The van der Waals surface area contributed by atoms with E-state index in [1.807, 2.05) is 24.3 Å². The monoisotopic (exact) mass is 244 g/mol. The fourth-order valence-corrected chi connectivity index (χ4v) is 2.27. The topological polar surface area (TPSA) is 47.3 Å². The number of hydrogen-bond acceptors (Lipinski definition) is 4. The van der Waals surface area contributed by atoms with Gasteiger partial charge in [-0.1, -0.05) is 6.07 Å². The van der Waals surface area contributed by atoms with Crippen molar-refractivity contribution in [3.05, 3.63) is 36.2 Å². The normalized spacial score (nSPS) is 19.1. The van der Waals surface area contributed by atoms with Gasteiger partial charge < -0.3 is 14.5 Å². The van der Waals surface area contributed by atoms with Crippen molar-refractivity contribution in [2.24, 2.45) is 0 Å². The lowest BCUT2D eigenvalue weighted by Gasteiger charge is -2.02. The largest absolute Gasteiger partial charge is 0.497 e. The van der Waals surface area contributed by atoms with Gasteiger partial charge >= 0.3 is 0 Å². The van der Waals surface area contributed by atoms with Crippen LogP contribution in [-0.2, 0) is 0 Å². The van der Waals surface area contributed by atoms with Crippen molar-refractivity contribution in [3.8, 4) is 17.2 Å². The quantitative estimate of drug-likeness (QED) is 0.900. The molecule has 1 fully saturated rings. The van der Waals surface area contributed by atoms with Crippen molar-refractivity contribution in [3.63, 3.8) is 0 Å². The van der Waals surface area contributed by atoms with Crippen LogP contribution in [0.3, 0.4) is 0 Å². The average Bonchev–Trinajstić information content (AvgIpc) is 3.09. The van der Waals surface area contributed by atoms with Crippen LogP contribution >= 0.6 is 0 Å². The molecule has 0 saturated carbocycles. The Morgan fingerprint density at radius 2 is 2.39 bits per heavy atom. The third-order valence-electron chi connectivity index (χ3n) is 3.32. The second kappa shape index (κ2) is 4.82. The summed E-state index contributed by atoms with van der Waals surface area (Å²) in [5, 5.41) is 3.34. The smallest absolute Gasteiger partial charge is 0.226 e. The summed E-state index contributed by atoms with van der Waals surface area (Å²) in [6.07, 6.45) is 2.90. The summed E-state index contributed by atoms with van der Waals surface area (Å²) in [5.74, 6) is 1.96. The Balaban J connectivity index is 1.87. The molecule has 0 bridgehead atoms. The molecule has 3 rings (SSSR count). The fraction of sp³-hybridized carbons (Fsp3) is 0.357. The Labute approximate surface area is 106 Å². The van der Waals surface area contributed by atoms with Crippen LogP contribution in [0.25, 0.3) is 11.5 Å². The fourth-order valence-electron chi connectivity index (χ4n) is 2.27. The van der Waals surface area contributed by atoms with Gasteiger partial charge in [0.15, 0.2) is 0 Å². The van der Waals surface area contributed by atoms with Gasteiger partial charge in [0.05, 0.1) is 12.8 Å². The number of rotatable bonds is 3. The number of aromatic nitrogens is 1. The highest BCUT2D eigenvalue weighted by Gasteiger charge is 2.20. The van der Waals surface area contributed by atoms with E-state index in [0.717, 1.165) is 36.5 Å². The highest BCUT2D eigenvalue weighted by molar-refractivity contribution is 5.56. The van der Waals surface area contributed by atoms with Crippen molar-refractivity contribution in [2.75, 3.05) is 20.2 Å². The molecule has 0 amide bonds. The molecule has 18 heavy (non-hydrogen) atoms. The lowest BCUT2D eigenvalue weighted by atomic mass is 10.1. The molecule has 1 unspecified atom stereocenters. The van der Waals surface area contributed by atoms with Gasteiger partial charge in [0.25, 0.3) is 0 Å². The molecule has 2 heterocycles. The van der Waals surface area contributed by atoms with Crippen molar-refractivity contribution in [1.29, 1.82) is 0 Å². The molecule has 1 aliphatic heterocycles. The molecular formula is C14H16N2O2. The number of nitrogens with one attached hydrogen (secondary N) is 1. The van der Waals surface area contributed by atoms with Crippen LogP contribution < -0.4 is 10.1 Å². The summed E-state index contributed by atoms with van der Waals surface area (Å²) in [4.78, 5) is 4.58. The van der Waals surface area contributed by atoms with Crippen LogP contribution in [-0.4, -0.2) is 25.2 Å². The van der Waals surface area contributed by atoms with E-state index in [0.29, 0.717) is 11.8 Å². The molecule has 2 aromatic rings. The summed E-state index contributed by atoms with van der Waals surface area (Å²) in [7, 11) is 1.66. The van der Waals surface area contributed by atoms with Crippen LogP contribution in [0.1, 0.15) is 18.0 Å². The summed E-state index contributed by atoms with van der Waals surface area (Å²) >= 11 is 0. The number of benzene rings is 1. The molecule has 1 aromatic heterocycles. The third kappa shape index (κ3) is 2.11. The van der Waals surface area contributed by atoms with Gasteiger partial charge in [-0.05, 0) is 31.2 Å². The van der Waals surface area contributed by atoms with Crippen LogP contribution in [0.4, 0.5) is 0 Å². The lowest BCUT2D eigenvalue weighted by Crippen LogP contribution is -2.08. The van der Waals surface area contributed by atoms with E-state index in [-0.39, 0.29) is 0 Å². The minimum Gasteiger partial charge on any atom is -0.497 e. The van der Waals surface area contributed by atoms with Crippen LogP contribution in [0.5, 0.6) is 5.75 Å². The standard InChI is InChI=1S/C14H16N2O2/c1-17-12-4-2-3-10(7-12)14-16-13(9-18-14)11-5-6-15-8-11/h2-4,7,9,11,15H,5-6,8H2,1H3. The summed E-state index contributed by atoms with van der Waals surface area (Å²) in [6.45, 7) is 2.05. The zero-order valence-corrected chi connectivity index (χ0v) is 10.3. The first-order valence-corrected chi connectivity index (χ1v) is 6.17. The Morgan fingerprint density at radius 1 is 1.44 bits per heavy atom. The Bertz CT molecular complexity index is 530. The van der Waals surface area contributed by atoms with Crippen LogP contribution in [0.2, 0.25) is 0 Å². The van der Waals surface area contributed by atoms with Crippen molar-refractivity contribution in [1.82, 2.24) is 10.3 Å². The number of hydrogen-bond donors (Lipinski definition) is 1. The first-order valence-electron chi connectivity index (χ1n) is 6.17. The maximum Gasteiger partial charge on any atom is 0.226 e. The van der Waals surface area contributed by atoms with Crippen molar-refractivity contribution >= 4 is 0 Å². The molecular weight excluding hydrogens is 228 g/mol. The SMILES string of the molecule is COc1cccc(-c2nc(C3CCNC3)co2)c1. The van der Waals surface area contributed by atoms with Gasteiger partial charge in [0.2, 0.25) is 5.89 Å². The van der Waals surface area contributed by atoms with E-state index in [2.05, 4.69) is 10.3 Å². The van der Waals surface area contributed by atoms with Gasteiger partial charge in [-0.3, -0.25) is 0 Å². The maximum absolute atomic E-state index is 5.57. The highest BCUT2D eigenvalue weighted by Crippen LogP contribution is 2.27. The summed E-state index contributed by atoms with van der Waals surface area (Å²) in [5.41, 5.74) is 1.99. The average molecular weight is 244 g/mol. The van der Waals surface area contributed by atoms with Gasteiger partial charge in [-0.2, -0.15) is 0 Å². The molecule has 4 heteroatoms. The zero-order chi connectivity index (χ0) is 12.4. The summed E-state index contributed by atoms with van der Waals surface area (Å²) in [6, 6.07) is 7.76. The maximum atomic E-state index is 5.57. The molecule has 0 radical (unpaired) electrons. The lowest BCUT2D eigenvalue weighted by molar-refractivity contribution is 0.414. The molecule has 4 nitrogen and oxygen atoms in total. The number of nitrogens with zero attached hydrogens (tertiary/aromatic N) is 1. The van der Waals surface area contributed by atoms with Gasteiger partial charge in [0.1, 0.15) is 12.0 Å². The molecule has 0 aliphatic carbocycles. The molecule has 1 atom stereocenters. The molecule has 0 spiro atoms. The predicted octanol–water partition coefficient (Wildman–Crippen LogP) is 2.43. The Hall–Kier alpha value is -1.81. The van der Waals surface area contributed by atoms with Crippen molar-refractivity contribution < 1.29 is 9.15 Å². The van der Waals surface area contributed by atoms with E-state index in [1.54, 1.807) is 13.4 Å². The minimum absolute atomic E-state index is 0.480. The zero-order valence-electron chi connectivity index (χ0n) is 10.3. The molecule has 1 aromatic carbocycles. The molecule has 1 aliphatic rings. The Morgan fingerprint density at radius 3 is 3.17 bits per heavy atom. The van der Waals surface area contributed by atoms with Gasteiger partial charge in [0, 0.05) is 18.0 Å². The number of ether oxygens (including phenoxy) is 1. The van der Waals surface area contributed by atoms with Crippen molar-refractivity contribution in [2.45, 2.75) is 12.3 Å². The number of oxazole rings is 1. The van der Waals surface area contributed by atoms with Gasteiger partial charge in [-0.25, -0.2) is 4.98 Å².